The first-order valence-corrected chi connectivity index (χ1v) is 12.0. The van der Waals surface area contributed by atoms with Gasteiger partial charge >= 0.3 is 0 Å². The van der Waals surface area contributed by atoms with Crippen molar-refractivity contribution in [2.45, 2.75) is 13.2 Å². The molecule has 192 valence electrons. The van der Waals surface area contributed by atoms with Gasteiger partial charge in [0, 0.05) is 12.6 Å². The first kappa shape index (κ1) is 24.6. The highest BCUT2D eigenvalue weighted by atomic mass is 16.7. The van der Waals surface area contributed by atoms with Crippen LogP contribution in [0.15, 0.2) is 91.2 Å². The molecule has 1 amide bonds. The molecule has 1 N–H and O–H groups in total. The highest BCUT2D eigenvalue weighted by Gasteiger charge is 2.12. The summed E-state index contributed by atoms with van der Waals surface area (Å²) in [6.07, 6.45) is 8.66. The maximum atomic E-state index is 12.2. The molecule has 9 heteroatoms. The van der Waals surface area contributed by atoms with Gasteiger partial charge in [0.25, 0.3) is 0 Å². The van der Waals surface area contributed by atoms with Crippen LogP contribution in [0, 0.1) is 0 Å². The molecule has 0 fully saturated rings. The quantitative estimate of drug-likeness (QED) is 0.248. The SMILES string of the molecule is COc1cc(CNC(=O)/C=C/C=C/c2ccc3c(c2)OCO3)ccc1OCc1cn(-c2ccccc2)nn1. The van der Waals surface area contributed by atoms with Crippen molar-refractivity contribution in [3.8, 4) is 28.7 Å². The van der Waals surface area contributed by atoms with Crippen LogP contribution in [0.4, 0.5) is 0 Å². The number of nitrogens with one attached hydrogen (secondary N) is 1. The van der Waals surface area contributed by atoms with E-state index in [2.05, 4.69) is 15.6 Å². The molecule has 38 heavy (non-hydrogen) atoms. The number of nitrogens with zero attached hydrogens (tertiary/aromatic N) is 3. The van der Waals surface area contributed by atoms with Crippen molar-refractivity contribution in [3.05, 3.63) is 108 Å². The Morgan fingerprint density at radius 3 is 2.76 bits per heavy atom. The molecule has 5 rings (SSSR count). The van der Waals surface area contributed by atoms with Crippen LogP contribution < -0.4 is 24.3 Å². The van der Waals surface area contributed by atoms with Crippen LogP contribution in [0.5, 0.6) is 23.0 Å². The van der Waals surface area contributed by atoms with E-state index in [-0.39, 0.29) is 19.3 Å². The Kier molecular flexibility index (Phi) is 7.64. The summed E-state index contributed by atoms with van der Waals surface area (Å²) in [6.45, 7) is 0.824. The number of hydrogen-bond acceptors (Lipinski definition) is 7. The van der Waals surface area contributed by atoms with E-state index in [1.165, 1.54) is 6.08 Å². The molecule has 3 aromatic carbocycles. The lowest BCUT2D eigenvalue weighted by Crippen LogP contribution is -2.20. The van der Waals surface area contributed by atoms with Crippen LogP contribution >= 0.6 is 0 Å². The molecule has 0 saturated heterocycles. The molecule has 9 nitrogen and oxygen atoms in total. The topological polar surface area (TPSA) is 96.7 Å². The van der Waals surface area contributed by atoms with Crippen molar-refractivity contribution in [2.75, 3.05) is 13.9 Å². The van der Waals surface area contributed by atoms with Crippen molar-refractivity contribution >= 4 is 12.0 Å². The number of amides is 1. The summed E-state index contributed by atoms with van der Waals surface area (Å²) in [4.78, 5) is 12.2. The second-order valence-electron chi connectivity index (χ2n) is 8.31. The lowest BCUT2D eigenvalue weighted by molar-refractivity contribution is -0.116. The second-order valence-corrected chi connectivity index (χ2v) is 8.31. The number of carbonyl (C=O) groups excluding carboxylic acids is 1. The number of allylic oxidation sites excluding steroid dienone is 2. The van der Waals surface area contributed by atoms with Crippen molar-refractivity contribution < 1.29 is 23.7 Å². The van der Waals surface area contributed by atoms with Gasteiger partial charge in [0.05, 0.1) is 19.0 Å². The Morgan fingerprint density at radius 1 is 1.03 bits per heavy atom. The van der Waals surface area contributed by atoms with Crippen LogP contribution in [0.2, 0.25) is 0 Å². The minimum absolute atomic E-state index is 0.207. The van der Waals surface area contributed by atoms with E-state index in [9.17, 15) is 4.79 Å². The average Bonchev–Trinajstić information content (AvgIpc) is 3.63. The Hall–Kier alpha value is -5.05. The highest BCUT2D eigenvalue weighted by Crippen LogP contribution is 2.33. The van der Waals surface area contributed by atoms with Crippen molar-refractivity contribution in [1.82, 2.24) is 20.3 Å². The van der Waals surface area contributed by atoms with Crippen molar-refractivity contribution in [2.24, 2.45) is 0 Å². The normalized spacial score (nSPS) is 12.2. The van der Waals surface area contributed by atoms with Crippen LogP contribution in [-0.4, -0.2) is 34.8 Å². The molecule has 4 aromatic rings. The van der Waals surface area contributed by atoms with Gasteiger partial charge in [0.15, 0.2) is 23.0 Å². The molecule has 0 spiro atoms. The Bertz CT molecular complexity index is 1460. The van der Waals surface area contributed by atoms with Gasteiger partial charge in [-0.05, 0) is 47.5 Å². The van der Waals surface area contributed by atoms with Crippen LogP contribution in [0.1, 0.15) is 16.8 Å². The molecule has 1 aromatic heterocycles. The number of ether oxygens (including phenoxy) is 4. The Balaban J connectivity index is 1.11. The summed E-state index contributed by atoms with van der Waals surface area (Å²) in [6, 6.07) is 20.9. The van der Waals surface area contributed by atoms with Gasteiger partial charge in [-0.15, -0.1) is 5.10 Å². The first-order valence-electron chi connectivity index (χ1n) is 12.0. The fourth-order valence-electron chi connectivity index (χ4n) is 3.74. The number of aromatic nitrogens is 3. The molecule has 1 aliphatic heterocycles. The van der Waals surface area contributed by atoms with E-state index < -0.39 is 0 Å². The molecular weight excluding hydrogens is 484 g/mol. The monoisotopic (exact) mass is 510 g/mol. The molecular formula is C29H26N4O5. The number of methoxy groups -OCH3 is 1. The summed E-state index contributed by atoms with van der Waals surface area (Å²) in [5.74, 6) is 2.39. The minimum atomic E-state index is -0.207. The largest absolute Gasteiger partial charge is 0.493 e. The van der Waals surface area contributed by atoms with Crippen molar-refractivity contribution in [1.29, 1.82) is 0 Å². The van der Waals surface area contributed by atoms with Crippen LogP contribution in [-0.2, 0) is 17.9 Å². The number of benzene rings is 3. The Morgan fingerprint density at radius 2 is 1.89 bits per heavy atom. The number of carbonyl (C=O) groups is 1. The third-order valence-corrected chi connectivity index (χ3v) is 5.68. The van der Waals surface area contributed by atoms with E-state index in [1.807, 2.05) is 79.0 Å². The number of hydrogen-bond donors (Lipinski definition) is 1. The van der Waals surface area contributed by atoms with Crippen LogP contribution in [0.25, 0.3) is 11.8 Å². The molecule has 1 aliphatic rings. The third-order valence-electron chi connectivity index (χ3n) is 5.68. The molecule has 0 saturated carbocycles. The van der Waals surface area contributed by atoms with Crippen molar-refractivity contribution in [3.63, 3.8) is 0 Å². The minimum Gasteiger partial charge on any atom is -0.493 e. The fraction of sp³-hybridized carbons (Fsp3) is 0.138. The number of fused-ring (bicyclic) bond motifs is 1. The standard InChI is InChI=1S/C29H26N4O5/c1-35-27-16-22(12-14-25(27)36-19-23-18-33(32-31-23)24-8-3-2-4-9-24)17-30-29(34)10-6-5-7-21-11-13-26-28(15-21)38-20-37-26/h2-16,18H,17,19-20H2,1H3,(H,30,34)/b7-5+,10-6+. The summed E-state index contributed by atoms with van der Waals surface area (Å²) < 4.78 is 23.8. The number of rotatable bonds is 10. The lowest BCUT2D eigenvalue weighted by Gasteiger charge is -2.11. The van der Waals surface area contributed by atoms with Gasteiger partial charge in [-0.3, -0.25) is 4.79 Å². The van der Waals surface area contributed by atoms with Gasteiger partial charge in [-0.1, -0.05) is 53.8 Å². The molecule has 0 unspecified atom stereocenters. The predicted molar refractivity (Wildman–Crippen MR) is 141 cm³/mol. The van der Waals surface area contributed by atoms with E-state index in [0.717, 1.165) is 28.3 Å². The maximum Gasteiger partial charge on any atom is 0.244 e. The lowest BCUT2D eigenvalue weighted by atomic mass is 10.2. The van der Waals surface area contributed by atoms with Gasteiger partial charge < -0.3 is 24.3 Å². The molecule has 0 aliphatic carbocycles. The highest BCUT2D eigenvalue weighted by molar-refractivity contribution is 5.87. The third kappa shape index (κ3) is 6.19. The first-order chi connectivity index (χ1) is 18.7. The Labute approximate surface area is 219 Å². The van der Waals surface area contributed by atoms with Crippen LogP contribution in [0.3, 0.4) is 0 Å². The molecule has 0 radical (unpaired) electrons. The summed E-state index contributed by atoms with van der Waals surface area (Å²) in [5.41, 5.74) is 3.44. The van der Waals surface area contributed by atoms with Gasteiger partial charge in [-0.25, -0.2) is 4.68 Å². The van der Waals surface area contributed by atoms with E-state index in [4.69, 9.17) is 18.9 Å². The molecule has 0 atom stereocenters. The smallest absolute Gasteiger partial charge is 0.244 e. The zero-order valence-corrected chi connectivity index (χ0v) is 20.7. The zero-order chi connectivity index (χ0) is 26.2. The van der Waals surface area contributed by atoms with E-state index in [1.54, 1.807) is 23.9 Å². The molecule has 0 bridgehead atoms. The number of para-hydroxylation sites is 1. The second kappa shape index (κ2) is 11.8. The summed E-state index contributed by atoms with van der Waals surface area (Å²) >= 11 is 0. The summed E-state index contributed by atoms with van der Waals surface area (Å²) in [7, 11) is 1.57. The van der Waals surface area contributed by atoms with Gasteiger partial charge in [-0.2, -0.15) is 0 Å². The molecule has 2 heterocycles. The van der Waals surface area contributed by atoms with Gasteiger partial charge in [0.2, 0.25) is 12.7 Å². The zero-order valence-electron chi connectivity index (χ0n) is 20.7. The average molecular weight is 511 g/mol. The predicted octanol–water partition coefficient (Wildman–Crippen LogP) is 4.47. The maximum absolute atomic E-state index is 12.2. The van der Waals surface area contributed by atoms with E-state index in [0.29, 0.717) is 23.7 Å². The fourth-order valence-corrected chi connectivity index (χ4v) is 3.74. The van der Waals surface area contributed by atoms with E-state index >= 15 is 0 Å². The summed E-state index contributed by atoms with van der Waals surface area (Å²) in [5, 5.41) is 11.2. The van der Waals surface area contributed by atoms with Gasteiger partial charge in [0.1, 0.15) is 12.3 Å².